The number of benzene rings is 3. The fourth-order valence-corrected chi connectivity index (χ4v) is 6.40. The number of piperidine rings is 1. The van der Waals surface area contributed by atoms with Gasteiger partial charge in [-0.2, -0.15) is 0 Å². The zero-order valence-electron chi connectivity index (χ0n) is 24.3. The number of hydrogen-bond donors (Lipinski definition) is 2. The minimum atomic E-state index is -3.70. The number of halogens is 2. The lowest BCUT2D eigenvalue weighted by molar-refractivity contribution is 0.0702. The number of fused-ring (bicyclic) bond motifs is 2. The lowest BCUT2D eigenvalue weighted by Crippen LogP contribution is -2.39. The zero-order valence-corrected chi connectivity index (χ0v) is 25.1. The van der Waals surface area contributed by atoms with Crippen LogP contribution in [0.5, 0.6) is 0 Å². The van der Waals surface area contributed by atoms with Crippen molar-refractivity contribution in [3.05, 3.63) is 89.1 Å². The van der Waals surface area contributed by atoms with Crippen molar-refractivity contribution in [3.8, 4) is 11.3 Å². The number of aromatic nitrogens is 1. The highest BCUT2D eigenvalue weighted by Crippen LogP contribution is 2.42. The monoisotopic (exact) mass is 620 g/mol. The first-order valence-corrected chi connectivity index (χ1v) is 15.9. The molecular formula is C32H30F2N4O5S. The zero-order chi connectivity index (χ0) is 31.3. The number of anilines is 1. The first kappa shape index (κ1) is 29.4. The number of nitrogens with one attached hydrogen (secondary N) is 2. The molecule has 0 spiro atoms. The van der Waals surface area contributed by atoms with Crippen LogP contribution in [0.25, 0.3) is 33.2 Å². The number of H-pyrrole nitrogens is 1. The van der Waals surface area contributed by atoms with E-state index in [0.717, 1.165) is 10.6 Å². The number of hydrogen-bond acceptors (Lipinski definition) is 5. The molecular weight excluding hydrogens is 590 g/mol. The quantitative estimate of drug-likeness (QED) is 0.255. The smallest absolute Gasteiger partial charge is 0.270 e. The number of aromatic amines is 1. The van der Waals surface area contributed by atoms with Crippen LogP contribution >= 0.6 is 0 Å². The van der Waals surface area contributed by atoms with Crippen LogP contribution in [0.15, 0.2) is 65.1 Å². The molecule has 6 rings (SSSR count). The SMILES string of the molecule is CNC(=O)c1c(-c2ccc(F)cc2)oc2cc(N(C)S(C)(=O)=O)c(C3CCCN(C(=O)c4cc5cc(F)ccc5[nH]4)C3)cc12. The van der Waals surface area contributed by atoms with E-state index in [4.69, 9.17) is 4.42 Å². The molecule has 1 saturated heterocycles. The van der Waals surface area contributed by atoms with E-state index in [1.807, 2.05) is 0 Å². The summed E-state index contributed by atoms with van der Waals surface area (Å²) in [5.74, 6) is -1.57. The lowest BCUT2D eigenvalue weighted by atomic mass is 9.88. The molecule has 0 radical (unpaired) electrons. The average Bonchev–Trinajstić information content (AvgIpc) is 3.60. The topological polar surface area (TPSA) is 116 Å². The van der Waals surface area contributed by atoms with Crippen LogP contribution in [-0.2, 0) is 10.0 Å². The first-order valence-electron chi connectivity index (χ1n) is 14.0. The summed E-state index contributed by atoms with van der Waals surface area (Å²) in [6.45, 7) is 0.777. The van der Waals surface area contributed by atoms with Gasteiger partial charge in [-0.05, 0) is 73.0 Å². The van der Waals surface area contributed by atoms with Gasteiger partial charge in [0.15, 0.2) is 0 Å². The third kappa shape index (κ3) is 5.30. The molecule has 5 aromatic rings. The molecule has 228 valence electrons. The van der Waals surface area contributed by atoms with Crippen molar-refractivity contribution in [2.24, 2.45) is 0 Å². The van der Waals surface area contributed by atoms with Crippen molar-refractivity contribution in [1.82, 2.24) is 15.2 Å². The Morgan fingerprint density at radius 3 is 2.48 bits per heavy atom. The van der Waals surface area contributed by atoms with Crippen molar-refractivity contribution in [3.63, 3.8) is 0 Å². The van der Waals surface area contributed by atoms with E-state index in [-0.39, 0.29) is 35.3 Å². The molecule has 2 N–H and O–H groups in total. The summed E-state index contributed by atoms with van der Waals surface area (Å²) in [5.41, 5.74) is 2.97. The number of rotatable bonds is 6. The summed E-state index contributed by atoms with van der Waals surface area (Å²) in [7, 11) is -0.769. The van der Waals surface area contributed by atoms with Gasteiger partial charge in [0.1, 0.15) is 28.7 Å². The highest BCUT2D eigenvalue weighted by Gasteiger charge is 2.32. The molecule has 0 saturated carbocycles. The molecule has 0 aliphatic carbocycles. The fourth-order valence-electron chi connectivity index (χ4n) is 5.89. The fraction of sp³-hybridized carbons (Fsp3) is 0.250. The van der Waals surface area contributed by atoms with Gasteiger partial charge in [0.25, 0.3) is 11.8 Å². The van der Waals surface area contributed by atoms with E-state index >= 15 is 0 Å². The van der Waals surface area contributed by atoms with Crippen molar-refractivity contribution < 1.29 is 31.2 Å². The highest BCUT2D eigenvalue weighted by molar-refractivity contribution is 7.92. The summed E-state index contributed by atoms with van der Waals surface area (Å²) in [4.78, 5) is 31.5. The molecule has 2 aromatic heterocycles. The van der Waals surface area contributed by atoms with Crippen molar-refractivity contribution >= 4 is 49.4 Å². The van der Waals surface area contributed by atoms with Gasteiger partial charge in [-0.1, -0.05) is 0 Å². The number of amides is 2. The van der Waals surface area contributed by atoms with Gasteiger partial charge < -0.3 is 19.6 Å². The molecule has 1 aliphatic rings. The number of carbonyl (C=O) groups excluding carboxylic acids is 2. The number of furan rings is 1. The second-order valence-corrected chi connectivity index (χ2v) is 13.0. The Balaban J connectivity index is 1.45. The Hall–Kier alpha value is -4.71. The van der Waals surface area contributed by atoms with Crippen LogP contribution in [0.2, 0.25) is 0 Å². The Morgan fingerprint density at radius 2 is 1.77 bits per heavy atom. The highest BCUT2D eigenvalue weighted by atomic mass is 32.2. The van der Waals surface area contributed by atoms with Crippen LogP contribution in [-0.4, -0.2) is 63.6 Å². The van der Waals surface area contributed by atoms with E-state index in [9.17, 15) is 26.8 Å². The Bertz CT molecular complexity index is 2040. The number of sulfonamides is 1. The van der Waals surface area contributed by atoms with Gasteiger partial charge in [0.05, 0.1) is 17.5 Å². The number of nitrogens with zero attached hydrogens (tertiary/aromatic N) is 2. The average molecular weight is 621 g/mol. The summed E-state index contributed by atoms with van der Waals surface area (Å²) in [6, 6.07) is 14.8. The van der Waals surface area contributed by atoms with E-state index in [2.05, 4.69) is 10.3 Å². The number of carbonyl (C=O) groups is 2. The van der Waals surface area contributed by atoms with Gasteiger partial charge in [-0.15, -0.1) is 0 Å². The van der Waals surface area contributed by atoms with E-state index in [1.54, 1.807) is 29.2 Å². The maximum absolute atomic E-state index is 13.8. The molecule has 9 nitrogen and oxygen atoms in total. The van der Waals surface area contributed by atoms with Crippen LogP contribution in [0, 0.1) is 11.6 Å². The minimum absolute atomic E-state index is 0.222. The van der Waals surface area contributed by atoms with E-state index < -0.39 is 27.6 Å². The third-order valence-corrected chi connectivity index (χ3v) is 9.39. The van der Waals surface area contributed by atoms with E-state index in [1.165, 1.54) is 50.5 Å². The van der Waals surface area contributed by atoms with Gasteiger partial charge in [-0.3, -0.25) is 13.9 Å². The van der Waals surface area contributed by atoms with Crippen LogP contribution in [0.4, 0.5) is 14.5 Å². The Morgan fingerprint density at radius 1 is 1.05 bits per heavy atom. The molecule has 2 amide bonds. The van der Waals surface area contributed by atoms with Crippen molar-refractivity contribution in [2.45, 2.75) is 18.8 Å². The maximum Gasteiger partial charge on any atom is 0.270 e. The summed E-state index contributed by atoms with van der Waals surface area (Å²) >= 11 is 0. The van der Waals surface area contributed by atoms with Crippen LogP contribution < -0.4 is 9.62 Å². The molecule has 1 fully saturated rings. The molecule has 3 aromatic carbocycles. The van der Waals surface area contributed by atoms with E-state index in [0.29, 0.717) is 58.2 Å². The predicted molar refractivity (Wildman–Crippen MR) is 164 cm³/mol. The molecule has 1 unspecified atom stereocenters. The van der Waals surface area contributed by atoms with Gasteiger partial charge in [0.2, 0.25) is 10.0 Å². The van der Waals surface area contributed by atoms with Gasteiger partial charge in [-0.25, -0.2) is 17.2 Å². The second kappa shape index (κ2) is 11.1. The first-order chi connectivity index (χ1) is 20.9. The Kier molecular flexibility index (Phi) is 7.40. The van der Waals surface area contributed by atoms with Gasteiger partial charge >= 0.3 is 0 Å². The molecule has 12 heteroatoms. The minimum Gasteiger partial charge on any atom is -0.455 e. The lowest BCUT2D eigenvalue weighted by Gasteiger charge is -2.34. The van der Waals surface area contributed by atoms with Crippen LogP contribution in [0.3, 0.4) is 0 Å². The maximum atomic E-state index is 13.8. The normalized spacial score (nSPS) is 15.6. The molecule has 44 heavy (non-hydrogen) atoms. The molecule has 3 heterocycles. The molecule has 0 bridgehead atoms. The van der Waals surface area contributed by atoms with Gasteiger partial charge in [0, 0.05) is 61.0 Å². The third-order valence-electron chi connectivity index (χ3n) is 8.20. The van der Waals surface area contributed by atoms with Crippen molar-refractivity contribution in [1.29, 1.82) is 0 Å². The predicted octanol–water partition coefficient (Wildman–Crippen LogP) is 5.63. The standard InChI is InChI=1S/C32H30F2N4O5S/c1-35-31(39)29-24-15-23(19-5-4-12-38(17-19)32(40)26-14-20-13-22(34)10-11-25(20)36-26)27(37(2)44(3,41)42)16-28(24)43-30(29)18-6-8-21(33)9-7-18/h6-11,13-16,19,36H,4-5,12,17H2,1-3H3,(H,35,39). The summed E-state index contributed by atoms with van der Waals surface area (Å²) < 4.78 is 60.3. The summed E-state index contributed by atoms with van der Waals surface area (Å²) in [6.07, 6.45) is 2.41. The Labute approximate surface area is 252 Å². The van der Waals surface area contributed by atoms with Crippen LogP contribution in [0.1, 0.15) is 45.2 Å². The number of likely N-dealkylation sites (tertiary alicyclic amines) is 1. The summed E-state index contributed by atoms with van der Waals surface area (Å²) in [5, 5.41) is 3.69. The molecule has 1 atom stereocenters. The van der Waals surface area contributed by atoms with Crippen molar-refractivity contribution in [2.75, 3.05) is 37.7 Å². The largest absolute Gasteiger partial charge is 0.455 e. The second-order valence-electron chi connectivity index (χ2n) is 11.0. The molecule has 1 aliphatic heterocycles.